The molecule has 0 bridgehead atoms. The Balaban J connectivity index is 2.60. The predicted molar refractivity (Wildman–Crippen MR) is 74.4 cm³/mol. The van der Waals surface area contributed by atoms with E-state index in [2.05, 4.69) is 5.32 Å². The van der Waals surface area contributed by atoms with Crippen LogP contribution in [0.25, 0.3) is 0 Å². The van der Waals surface area contributed by atoms with Gasteiger partial charge in [0.05, 0.1) is 20.1 Å². The number of nitrogens with two attached hydrogens (primary N) is 1. The molecule has 0 aliphatic rings. The average molecular weight is 266 g/mol. The van der Waals surface area contributed by atoms with E-state index >= 15 is 0 Å². The normalized spacial score (nSPS) is 11.8. The van der Waals surface area contributed by atoms with Crippen LogP contribution in [0.3, 0.4) is 0 Å². The highest BCUT2D eigenvalue weighted by atomic mass is 16.5. The monoisotopic (exact) mass is 266 g/mol. The molecule has 5 heteroatoms. The van der Waals surface area contributed by atoms with Gasteiger partial charge in [0.25, 0.3) is 0 Å². The molecular formula is C14H22N2O3. The van der Waals surface area contributed by atoms with Crippen LogP contribution in [0.15, 0.2) is 18.2 Å². The highest BCUT2D eigenvalue weighted by Crippen LogP contribution is 2.29. The van der Waals surface area contributed by atoms with Crippen LogP contribution in [-0.4, -0.2) is 26.2 Å². The zero-order valence-corrected chi connectivity index (χ0v) is 11.7. The Morgan fingerprint density at radius 1 is 1.42 bits per heavy atom. The van der Waals surface area contributed by atoms with Gasteiger partial charge in [0.2, 0.25) is 5.91 Å². The van der Waals surface area contributed by atoms with E-state index in [4.69, 9.17) is 15.2 Å². The van der Waals surface area contributed by atoms with Crippen LogP contribution in [0.4, 0.5) is 0 Å². The lowest BCUT2D eigenvalue weighted by molar-refractivity contribution is -0.121. The van der Waals surface area contributed by atoms with E-state index in [1.54, 1.807) is 7.11 Å². The molecule has 1 aromatic rings. The highest BCUT2D eigenvalue weighted by molar-refractivity contribution is 5.75. The molecule has 1 rings (SSSR count). The minimum absolute atomic E-state index is 0.0198. The first-order valence-electron chi connectivity index (χ1n) is 6.41. The zero-order chi connectivity index (χ0) is 14.3. The van der Waals surface area contributed by atoms with Crippen molar-refractivity contribution in [3.8, 4) is 11.5 Å². The quantitative estimate of drug-likeness (QED) is 0.786. The maximum absolute atomic E-state index is 11.3. The van der Waals surface area contributed by atoms with Crippen LogP contribution in [0.5, 0.6) is 11.5 Å². The van der Waals surface area contributed by atoms with Crippen LogP contribution in [0.2, 0.25) is 0 Å². The Bertz CT molecular complexity index is 419. The third kappa shape index (κ3) is 4.79. The fraction of sp³-hybridized carbons (Fsp3) is 0.500. The molecule has 0 radical (unpaired) electrons. The van der Waals surface area contributed by atoms with Crippen molar-refractivity contribution in [2.24, 2.45) is 5.73 Å². The summed E-state index contributed by atoms with van der Waals surface area (Å²) in [5.41, 5.74) is 6.79. The highest BCUT2D eigenvalue weighted by Gasteiger charge is 2.08. The number of carbonyl (C=O) groups excluding carboxylic acids is 1. The van der Waals surface area contributed by atoms with Crippen LogP contribution in [-0.2, 0) is 4.79 Å². The average Bonchev–Trinajstić information content (AvgIpc) is 2.39. The van der Waals surface area contributed by atoms with Gasteiger partial charge in [-0.2, -0.15) is 0 Å². The van der Waals surface area contributed by atoms with Gasteiger partial charge < -0.3 is 20.5 Å². The Morgan fingerprint density at radius 3 is 2.74 bits per heavy atom. The molecule has 3 N–H and O–H groups in total. The molecule has 5 nitrogen and oxygen atoms in total. The number of amides is 1. The molecule has 0 aliphatic carbocycles. The van der Waals surface area contributed by atoms with Gasteiger partial charge >= 0.3 is 0 Å². The molecule has 19 heavy (non-hydrogen) atoms. The van der Waals surface area contributed by atoms with Crippen molar-refractivity contribution in [1.29, 1.82) is 0 Å². The van der Waals surface area contributed by atoms with Gasteiger partial charge in [0, 0.05) is 12.6 Å². The van der Waals surface area contributed by atoms with Gasteiger partial charge in [-0.05, 0) is 31.5 Å². The van der Waals surface area contributed by atoms with Crippen molar-refractivity contribution < 1.29 is 14.3 Å². The van der Waals surface area contributed by atoms with Gasteiger partial charge in [-0.1, -0.05) is 6.07 Å². The van der Waals surface area contributed by atoms with E-state index in [9.17, 15) is 4.79 Å². The summed E-state index contributed by atoms with van der Waals surface area (Å²) in [6, 6.07) is 5.51. The van der Waals surface area contributed by atoms with E-state index in [1.165, 1.54) is 0 Å². The zero-order valence-electron chi connectivity index (χ0n) is 11.7. The Morgan fingerprint density at radius 2 is 2.16 bits per heavy atom. The van der Waals surface area contributed by atoms with Crippen molar-refractivity contribution in [3.05, 3.63) is 23.8 Å². The summed E-state index contributed by atoms with van der Waals surface area (Å²) < 4.78 is 10.8. The summed E-state index contributed by atoms with van der Waals surface area (Å²) >= 11 is 0. The minimum Gasteiger partial charge on any atom is -0.493 e. The Labute approximate surface area is 114 Å². The molecule has 106 valence electrons. The second-order valence-corrected chi connectivity index (χ2v) is 4.25. The fourth-order valence-electron chi connectivity index (χ4n) is 1.63. The lowest BCUT2D eigenvalue weighted by Gasteiger charge is -2.13. The maximum Gasteiger partial charge on any atom is 0.223 e. The maximum atomic E-state index is 11.3. The summed E-state index contributed by atoms with van der Waals surface area (Å²) in [6.45, 7) is 4.74. The number of rotatable bonds is 7. The van der Waals surface area contributed by atoms with E-state index in [-0.39, 0.29) is 11.9 Å². The van der Waals surface area contributed by atoms with Crippen molar-refractivity contribution in [2.45, 2.75) is 26.3 Å². The number of ether oxygens (including phenoxy) is 2. The molecule has 0 spiro atoms. The van der Waals surface area contributed by atoms with Crippen molar-refractivity contribution >= 4 is 5.91 Å². The number of benzene rings is 1. The van der Waals surface area contributed by atoms with Crippen molar-refractivity contribution in [3.63, 3.8) is 0 Å². The fourth-order valence-corrected chi connectivity index (χ4v) is 1.63. The first-order valence-corrected chi connectivity index (χ1v) is 6.41. The number of nitrogens with one attached hydrogen (secondary N) is 1. The summed E-state index contributed by atoms with van der Waals surface area (Å²) in [5.74, 6) is 1.23. The Hall–Kier alpha value is -1.75. The van der Waals surface area contributed by atoms with Crippen LogP contribution >= 0.6 is 0 Å². The molecule has 0 fully saturated rings. The van der Waals surface area contributed by atoms with Crippen molar-refractivity contribution in [2.75, 3.05) is 20.3 Å². The number of carbonyl (C=O) groups is 1. The molecular weight excluding hydrogens is 244 g/mol. The summed E-state index contributed by atoms with van der Waals surface area (Å²) in [7, 11) is 1.58. The minimum atomic E-state index is -0.0571. The smallest absolute Gasteiger partial charge is 0.223 e. The first kappa shape index (κ1) is 15.3. The lowest BCUT2D eigenvalue weighted by Crippen LogP contribution is -2.24. The third-order valence-electron chi connectivity index (χ3n) is 2.67. The number of hydrogen-bond donors (Lipinski definition) is 2. The van der Waals surface area contributed by atoms with E-state index in [0.717, 1.165) is 5.56 Å². The molecule has 0 aromatic heterocycles. The van der Waals surface area contributed by atoms with E-state index in [0.29, 0.717) is 31.1 Å². The molecule has 0 saturated heterocycles. The van der Waals surface area contributed by atoms with Crippen molar-refractivity contribution in [1.82, 2.24) is 5.32 Å². The topological polar surface area (TPSA) is 73.6 Å². The third-order valence-corrected chi connectivity index (χ3v) is 2.67. The van der Waals surface area contributed by atoms with Crippen LogP contribution in [0, 0.1) is 0 Å². The molecule has 0 aliphatic heterocycles. The molecule has 1 atom stereocenters. The molecule has 1 unspecified atom stereocenters. The lowest BCUT2D eigenvalue weighted by atomic mass is 10.1. The largest absolute Gasteiger partial charge is 0.493 e. The van der Waals surface area contributed by atoms with E-state index in [1.807, 2.05) is 32.0 Å². The van der Waals surface area contributed by atoms with Gasteiger partial charge in [-0.25, -0.2) is 0 Å². The van der Waals surface area contributed by atoms with Gasteiger partial charge in [0.1, 0.15) is 0 Å². The molecule has 1 aromatic carbocycles. The SMILES string of the molecule is CCNC(=O)CCOc1ccc(C(C)N)cc1OC. The Kier molecular flexibility index (Phi) is 6.15. The second kappa shape index (κ2) is 7.63. The second-order valence-electron chi connectivity index (χ2n) is 4.25. The van der Waals surface area contributed by atoms with E-state index < -0.39 is 0 Å². The number of hydrogen-bond acceptors (Lipinski definition) is 4. The summed E-state index contributed by atoms with van der Waals surface area (Å²) in [4.78, 5) is 11.3. The standard InChI is InChI=1S/C14H22N2O3/c1-4-16-14(17)7-8-19-12-6-5-11(10(2)15)9-13(12)18-3/h5-6,9-10H,4,7-8,15H2,1-3H3,(H,16,17). The summed E-state index contributed by atoms with van der Waals surface area (Å²) in [5, 5.41) is 2.72. The van der Waals surface area contributed by atoms with Gasteiger partial charge in [0.15, 0.2) is 11.5 Å². The summed E-state index contributed by atoms with van der Waals surface area (Å²) in [6.07, 6.45) is 0.325. The van der Waals surface area contributed by atoms with Gasteiger partial charge in [-0.3, -0.25) is 4.79 Å². The predicted octanol–water partition coefficient (Wildman–Crippen LogP) is 1.62. The molecule has 0 saturated carbocycles. The number of methoxy groups -OCH3 is 1. The first-order chi connectivity index (χ1) is 9.08. The van der Waals surface area contributed by atoms with Crippen LogP contribution < -0.4 is 20.5 Å². The van der Waals surface area contributed by atoms with Gasteiger partial charge in [-0.15, -0.1) is 0 Å². The molecule has 1 amide bonds. The molecule has 0 heterocycles. The van der Waals surface area contributed by atoms with Crippen LogP contribution in [0.1, 0.15) is 31.9 Å².